The number of aliphatic hydroxyl groups is 2. The Hall–Kier alpha value is -1.71. The maximum atomic E-state index is 13.6. The van der Waals surface area contributed by atoms with Crippen LogP contribution >= 0.6 is 0 Å². The average Bonchev–Trinajstić information content (AvgIpc) is 3.40. The number of rotatable bonds is 10. The first-order valence-corrected chi connectivity index (χ1v) is 19.0. The van der Waals surface area contributed by atoms with Crippen LogP contribution in [0.4, 0.5) is 5.69 Å². The number of sulfonamides is 1. The van der Waals surface area contributed by atoms with Gasteiger partial charge < -0.3 is 15.1 Å². The number of hydrazine groups is 1. The van der Waals surface area contributed by atoms with Gasteiger partial charge in [0.05, 0.1) is 16.6 Å². The molecule has 4 aliphatic carbocycles. The van der Waals surface area contributed by atoms with Crippen LogP contribution in [0.1, 0.15) is 91.9 Å². The van der Waals surface area contributed by atoms with Gasteiger partial charge in [0.25, 0.3) is 10.0 Å². The minimum atomic E-state index is -3.84. The normalized spacial score (nSPS) is 37.9. The molecule has 6 rings (SSSR count). The largest absolute Gasteiger partial charge is 0.393 e. The third kappa shape index (κ3) is 5.54. The summed E-state index contributed by atoms with van der Waals surface area (Å²) in [5, 5.41) is 25.4. The van der Waals surface area contributed by atoms with Crippen LogP contribution in [-0.2, 0) is 10.0 Å². The third-order valence-electron chi connectivity index (χ3n) is 13.4. The van der Waals surface area contributed by atoms with Crippen LogP contribution in [0.25, 0.3) is 10.8 Å². The molecule has 0 aliphatic heterocycles. The summed E-state index contributed by atoms with van der Waals surface area (Å²) in [5.74, 6) is 2.51. The van der Waals surface area contributed by atoms with Crippen molar-refractivity contribution in [1.29, 1.82) is 0 Å². The molecule has 4 aliphatic rings. The summed E-state index contributed by atoms with van der Waals surface area (Å²) < 4.78 is 27.1. The molecule has 0 radical (unpaired) electrons. The Labute approximate surface area is 271 Å². The van der Waals surface area contributed by atoms with E-state index in [-0.39, 0.29) is 21.6 Å². The first kappa shape index (κ1) is 33.2. The molecule has 2 aromatic rings. The molecule has 0 bridgehead atoms. The van der Waals surface area contributed by atoms with Gasteiger partial charge in [0.15, 0.2) is 0 Å². The number of aliphatic hydroxyl groups excluding tert-OH is 1. The van der Waals surface area contributed by atoms with Crippen LogP contribution < -0.4 is 15.2 Å². The minimum absolute atomic E-state index is 0.136. The van der Waals surface area contributed by atoms with E-state index in [4.69, 9.17) is 0 Å². The number of nitrogens with one attached hydrogen (secondary N) is 2. The van der Waals surface area contributed by atoms with Gasteiger partial charge in [-0.05, 0) is 109 Å². The number of fused-ring (bicyclic) bond motifs is 6. The number of hydrogen-bond donors (Lipinski definition) is 4. The highest BCUT2D eigenvalue weighted by molar-refractivity contribution is 7.89. The molecule has 45 heavy (non-hydrogen) atoms. The van der Waals surface area contributed by atoms with Crippen molar-refractivity contribution in [1.82, 2.24) is 10.3 Å². The van der Waals surface area contributed by atoms with Gasteiger partial charge in [-0.3, -0.25) is 0 Å². The molecule has 0 amide bonds. The van der Waals surface area contributed by atoms with Crippen molar-refractivity contribution in [2.75, 3.05) is 25.5 Å². The fourth-order valence-corrected chi connectivity index (χ4v) is 12.0. The van der Waals surface area contributed by atoms with Crippen molar-refractivity contribution in [2.45, 2.75) is 109 Å². The van der Waals surface area contributed by atoms with Gasteiger partial charge in [0.2, 0.25) is 0 Å². The highest BCUT2D eigenvalue weighted by Crippen LogP contribution is 2.72. The molecular formula is C37H57N3O4S. The topological polar surface area (TPSA) is 102 Å². The second-order valence-corrected chi connectivity index (χ2v) is 18.0. The quantitative estimate of drug-likeness (QED) is 0.222. The SMILES string of the molecule is CC(C)CCC[C@H]1CCC2C3C(CC[C@@]21C)[C@@]1(C)CC[C@H](O)C[C@@]1(O)[C@@H]3CNNS(=O)(=O)c1ccc2c(N(C)C)cccc2c1. The minimum Gasteiger partial charge on any atom is -0.393 e. The van der Waals surface area contributed by atoms with E-state index in [2.05, 4.69) is 38.0 Å². The standard InChI is InChI=1S/C37H57N3O4S/c1-24(2)9-7-11-26-13-16-30-34-31(18-19-35(26,30)3)36(4)20-17-27(41)22-37(36,42)32(34)23-38-39-45(43,44)28-14-15-29-25(21-28)10-8-12-33(29)40(5)6/h8,10,12,14-15,21,24,26-27,30-32,34,38-39,41-42H,7,9,11,13,16-20,22-23H2,1-6H3/t26-,27-,30?,31?,32+,34?,35+,36+,37+/m0/s1. The van der Waals surface area contributed by atoms with Crippen LogP contribution in [0, 0.1) is 46.3 Å². The highest BCUT2D eigenvalue weighted by atomic mass is 32.2. The van der Waals surface area contributed by atoms with Crippen LogP contribution in [0.5, 0.6) is 0 Å². The van der Waals surface area contributed by atoms with E-state index in [1.54, 1.807) is 12.1 Å². The summed E-state index contributed by atoms with van der Waals surface area (Å²) in [6.07, 6.45) is 10.0. The zero-order valence-electron chi connectivity index (χ0n) is 28.4. The Morgan fingerprint density at radius 2 is 1.80 bits per heavy atom. The lowest BCUT2D eigenvalue weighted by atomic mass is 9.54. The Morgan fingerprint density at radius 3 is 2.53 bits per heavy atom. The van der Waals surface area contributed by atoms with Crippen molar-refractivity contribution in [3.63, 3.8) is 0 Å². The van der Waals surface area contributed by atoms with Gasteiger partial charge in [-0.25, -0.2) is 13.8 Å². The molecule has 9 atom stereocenters. The Balaban J connectivity index is 1.24. The molecule has 0 heterocycles. The van der Waals surface area contributed by atoms with Gasteiger partial charge in [-0.1, -0.05) is 58.7 Å². The molecule has 3 unspecified atom stereocenters. The van der Waals surface area contributed by atoms with E-state index < -0.39 is 21.7 Å². The maximum Gasteiger partial charge on any atom is 0.253 e. The van der Waals surface area contributed by atoms with Crippen LogP contribution in [0.15, 0.2) is 41.3 Å². The lowest BCUT2D eigenvalue weighted by molar-refractivity contribution is -0.151. The van der Waals surface area contributed by atoms with E-state index in [1.165, 1.54) is 38.5 Å². The molecule has 7 nitrogen and oxygen atoms in total. The predicted octanol–water partition coefficient (Wildman–Crippen LogP) is 6.49. The molecule has 0 aromatic heterocycles. The van der Waals surface area contributed by atoms with E-state index in [0.29, 0.717) is 36.6 Å². The molecule has 250 valence electrons. The zero-order chi connectivity index (χ0) is 32.4. The third-order valence-corrected chi connectivity index (χ3v) is 14.7. The molecule has 4 fully saturated rings. The van der Waals surface area contributed by atoms with E-state index in [1.807, 2.05) is 43.3 Å². The van der Waals surface area contributed by atoms with Gasteiger partial charge in [0.1, 0.15) is 0 Å². The van der Waals surface area contributed by atoms with Crippen molar-refractivity contribution >= 4 is 26.5 Å². The molecule has 4 saturated carbocycles. The van der Waals surface area contributed by atoms with Crippen molar-refractivity contribution in [2.24, 2.45) is 46.3 Å². The molecule has 0 spiro atoms. The number of benzene rings is 2. The van der Waals surface area contributed by atoms with Crippen molar-refractivity contribution in [3.8, 4) is 0 Å². The molecule has 2 aromatic carbocycles. The molecule has 4 N–H and O–H groups in total. The van der Waals surface area contributed by atoms with E-state index >= 15 is 0 Å². The van der Waals surface area contributed by atoms with Gasteiger partial charge in [-0.2, -0.15) is 0 Å². The Morgan fingerprint density at radius 1 is 1.02 bits per heavy atom. The second kappa shape index (κ2) is 12.1. The second-order valence-electron chi connectivity index (χ2n) is 16.3. The van der Waals surface area contributed by atoms with Crippen LogP contribution in [-0.4, -0.2) is 51.0 Å². The summed E-state index contributed by atoms with van der Waals surface area (Å²) >= 11 is 0. The van der Waals surface area contributed by atoms with E-state index in [9.17, 15) is 18.6 Å². The van der Waals surface area contributed by atoms with Crippen molar-refractivity contribution < 1.29 is 18.6 Å². The maximum absolute atomic E-state index is 13.6. The van der Waals surface area contributed by atoms with Crippen LogP contribution in [0.2, 0.25) is 0 Å². The summed E-state index contributed by atoms with van der Waals surface area (Å²) in [7, 11) is 0.122. The Kier molecular flexibility index (Phi) is 8.90. The summed E-state index contributed by atoms with van der Waals surface area (Å²) in [5.41, 5.74) is 3.11. The smallest absolute Gasteiger partial charge is 0.253 e. The number of hydrogen-bond acceptors (Lipinski definition) is 6. The summed E-state index contributed by atoms with van der Waals surface area (Å²) in [6.45, 7) is 9.77. The first-order valence-electron chi connectivity index (χ1n) is 17.6. The monoisotopic (exact) mass is 639 g/mol. The van der Waals surface area contributed by atoms with Gasteiger partial charge in [-0.15, -0.1) is 4.83 Å². The number of anilines is 1. The van der Waals surface area contributed by atoms with Crippen molar-refractivity contribution in [3.05, 3.63) is 36.4 Å². The molecular weight excluding hydrogens is 582 g/mol. The molecule has 0 saturated heterocycles. The van der Waals surface area contributed by atoms with Crippen LogP contribution in [0.3, 0.4) is 0 Å². The highest BCUT2D eigenvalue weighted by Gasteiger charge is 2.71. The average molecular weight is 640 g/mol. The fourth-order valence-electron chi connectivity index (χ4n) is 11.0. The number of nitrogens with zero attached hydrogens (tertiary/aromatic N) is 1. The van der Waals surface area contributed by atoms with Gasteiger partial charge >= 0.3 is 0 Å². The summed E-state index contributed by atoms with van der Waals surface area (Å²) in [6, 6.07) is 11.2. The molecule has 8 heteroatoms. The van der Waals surface area contributed by atoms with Gasteiger partial charge in [0, 0.05) is 44.1 Å². The summed E-state index contributed by atoms with van der Waals surface area (Å²) in [4.78, 5) is 4.93. The van der Waals surface area contributed by atoms with E-state index in [0.717, 1.165) is 41.6 Å². The lowest BCUT2D eigenvalue weighted by Crippen LogP contribution is -2.56. The fraction of sp³-hybridized carbons (Fsp3) is 0.730. The Bertz CT molecular complexity index is 1500. The predicted molar refractivity (Wildman–Crippen MR) is 182 cm³/mol. The first-order chi connectivity index (χ1) is 21.2. The lowest BCUT2D eigenvalue weighted by Gasteiger charge is -2.52. The zero-order valence-corrected chi connectivity index (χ0v) is 29.2.